The number of hydrogen-bond acceptors (Lipinski definition) is 2. The fraction of sp³-hybridized carbons (Fsp3) is 0.611. The van der Waals surface area contributed by atoms with Crippen molar-refractivity contribution >= 4 is 5.97 Å². The lowest BCUT2D eigenvalue weighted by molar-refractivity contribution is -0.143. The molecule has 0 bridgehead atoms. The fourth-order valence-electron chi connectivity index (χ4n) is 6.55. The Labute approximate surface area is 348 Å². The van der Waals surface area contributed by atoms with E-state index < -0.39 is 0 Å². The summed E-state index contributed by atoms with van der Waals surface area (Å²) in [5.74, 6) is -0.102. The highest BCUT2D eigenvalue weighted by molar-refractivity contribution is 5.69. The smallest absolute Gasteiger partial charge is 0.306 e. The SMILES string of the molecule is CCOC(=O)CC/C=C(/C)CC/C=C(\C)CC/C=C(/C)CC/C=C(/C)CC/C=C(\C)CC/C=C(\C)CC/C=C(/C)CC/C=C(\C)CC/C=C(/C)CCC=C(C)C. The van der Waals surface area contributed by atoms with E-state index in [4.69, 9.17) is 4.74 Å². The molecule has 0 aromatic heterocycles. The molecule has 0 saturated carbocycles. The number of carbonyl (C=O) groups excluding carboxylic acids is 1. The minimum atomic E-state index is -0.102. The van der Waals surface area contributed by atoms with Crippen LogP contribution in [0, 0.1) is 0 Å². The summed E-state index contributed by atoms with van der Waals surface area (Å²) in [5.41, 5.74) is 14.9. The van der Waals surface area contributed by atoms with E-state index in [1.54, 1.807) is 0 Å². The molecule has 0 spiro atoms. The van der Waals surface area contributed by atoms with Gasteiger partial charge in [0.05, 0.1) is 6.61 Å². The number of ether oxygens (including phenoxy) is 1. The number of rotatable bonds is 31. The molecule has 0 atom stereocenters. The molecule has 0 unspecified atom stereocenters. The lowest BCUT2D eigenvalue weighted by Crippen LogP contribution is -2.02. The second-order valence-corrected chi connectivity index (χ2v) is 16.9. The molecule has 0 N–H and O–H groups in total. The Bertz CT molecular complexity index is 1400. The second kappa shape index (κ2) is 35.1. The number of allylic oxidation sites excluding steroid dienone is 20. The summed E-state index contributed by atoms with van der Waals surface area (Å²) in [6, 6.07) is 0. The zero-order valence-corrected chi connectivity index (χ0v) is 38.9. The van der Waals surface area contributed by atoms with Crippen molar-refractivity contribution < 1.29 is 9.53 Å². The van der Waals surface area contributed by atoms with E-state index in [1.807, 2.05) is 6.92 Å². The van der Waals surface area contributed by atoms with Gasteiger partial charge < -0.3 is 4.74 Å². The average molecular weight is 769 g/mol. The van der Waals surface area contributed by atoms with Crippen LogP contribution in [-0.2, 0) is 9.53 Å². The summed E-state index contributed by atoms with van der Waals surface area (Å²) >= 11 is 0. The maximum atomic E-state index is 11.5. The lowest BCUT2D eigenvalue weighted by Gasteiger charge is -2.04. The summed E-state index contributed by atoms with van der Waals surface area (Å²) in [6.45, 7) is 27.1. The highest BCUT2D eigenvalue weighted by Crippen LogP contribution is 2.18. The van der Waals surface area contributed by atoms with Crippen LogP contribution in [0.1, 0.15) is 212 Å². The first-order valence-electron chi connectivity index (χ1n) is 22.4. The van der Waals surface area contributed by atoms with Crippen LogP contribution in [0.25, 0.3) is 0 Å². The van der Waals surface area contributed by atoms with Crippen LogP contribution in [0.5, 0.6) is 0 Å². The van der Waals surface area contributed by atoms with E-state index in [1.165, 1.54) is 101 Å². The zero-order chi connectivity index (χ0) is 42.0. The third-order valence-electron chi connectivity index (χ3n) is 10.5. The van der Waals surface area contributed by atoms with E-state index >= 15 is 0 Å². The zero-order valence-electron chi connectivity index (χ0n) is 38.9. The van der Waals surface area contributed by atoms with Crippen molar-refractivity contribution in [3.63, 3.8) is 0 Å². The van der Waals surface area contributed by atoms with E-state index in [2.05, 4.69) is 137 Å². The fourth-order valence-corrected chi connectivity index (χ4v) is 6.55. The van der Waals surface area contributed by atoms with Crippen molar-refractivity contribution in [3.05, 3.63) is 116 Å². The third-order valence-corrected chi connectivity index (χ3v) is 10.5. The van der Waals surface area contributed by atoms with Crippen LogP contribution in [0.15, 0.2) is 116 Å². The van der Waals surface area contributed by atoms with Crippen molar-refractivity contribution in [2.45, 2.75) is 212 Å². The van der Waals surface area contributed by atoms with Gasteiger partial charge in [0, 0.05) is 6.42 Å². The van der Waals surface area contributed by atoms with Crippen LogP contribution in [0.2, 0.25) is 0 Å². The summed E-state index contributed by atoms with van der Waals surface area (Å²) in [5, 5.41) is 0. The molecule has 0 fully saturated rings. The summed E-state index contributed by atoms with van der Waals surface area (Å²) in [4.78, 5) is 11.5. The van der Waals surface area contributed by atoms with Gasteiger partial charge in [-0.3, -0.25) is 4.79 Å². The normalized spacial score (nSPS) is 14.5. The number of esters is 1. The van der Waals surface area contributed by atoms with Crippen molar-refractivity contribution in [1.82, 2.24) is 0 Å². The molecule has 0 aromatic carbocycles. The first-order valence-corrected chi connectivity index (χ1v) is 22.4. The van der Waals surface area contributed by atoms with Gasteiger partial charge in [-0.15, -0.1) is 0 Å². The molecule has 2 heteroatoms. The molecule has 316 valence electrons. The Morgan fingerprint density at radius 1 is 0.304 bits per heavy atom. The summed E-state index contributed by atoms with van der Waals surface area (Å²) < 4.78 is 5.00. The summed E-state index contributed by atoms with van der Waals surface area (Å²) in [7, 11) is 0. The predicted molar refractivity (Wildman–Crippen MR) is 252 cm³/mol. The standard InChI is InChI=1S/C54H88O2/c1-13-56-54(55)43-23-42-53(12)41-22-40-52(11)39-21-38-51(10)37-20-36-50(9)35-19-34-49(8)33-18-32-48(7)31-17-30-47(6)29-16-28-46(5)27-15-26-45(4)25-14-24-44(2)3/h24,26,28,30,32,34,36,38,40,42H,13-23,25,27,29,31,33,35,37,39,41,43H2,1-12H3/b45-26-,46-28+,47-30-,48-32+,49-34+,50-36-,51-38-,52-40+,53-42-. The van der Waals surface area contributed by atoms with Crippen LogP contribution in [-0.4, -0.2) is 12.6 Å². The quantitative estimate of drug-likeness (QED) is 0.0519. The molecule has 0 rings (SSSR count). The van der Waals surface area contributed by atoms with E-state index in [0.717, 1.165) is 77.0 Å². The minimum absolute atomic E-state index is 0.102. The molecular weight excluding hydrogens is 681 g/mol. The highest BCUT2D eigenvalue weighted by atomic mass is 16.5. The monoisotopic (exact) mass is 769 g/mol. The first kappa shape index (κ1) is 52.9. The molecule has 0 aliphatic heterocycles. The molecule has 0 aromatic rings. The third kappa shape index (κ3) is 35.3. The van der Waals surface area contributed by atoms with Gasteiger partial charge in [0.1, 0.15) is 0 Å². The molecule has 0 heterocycles. The van der Waals surface area contributed by atoms with E-state index in [0.29, 0.717) is 13.0 Å². The average Bonchev–Trinajstić information content (AvgIpc) is 3.11. The molecule has 0 aliphatic rings. The lowest BCUT2D eigenvalue weighted by atomic mass is 10.0. The Kier molecular flexibility index (Phi) is 33.1. The number of hydrogen-bond donors (Lipinski definition) is 0. The predicted octanol–water partition coefficient (Wildman–Crippen LogP) is 17.8. The Morgan fingerprint density at radius 2 is 0.482 bits per heavy atom. The molecule has 0 amide bonds. The van der Waals surface area contributed by atoms with E-state index in [9.17, 15) is 4.79 Å². The van der Waals surface area contributed by atoms with Gasteiger partial charge in [0.25, 0.3) is 0 Å². The van der Waals surface area contributed by atoms with Gasteiger partial charge in [0.15, 0.2) is 0 Å². The van der Waals surface area contributed by atoms with Crippen LogP contribution < -0.4 is 0 Å². The molecule has 0 aliphatic carbocycles. The largest absolute Gasteiger partial charge is 0.466 e. The Balaban J connectivity index is 4.25. The highest BCUT2D eigenvalue weighted by Gasteiger charge is 2.00. The number of carbonyl (C=O) groups is 1. The van der Waals surface area contributed by atoms with Gasteiger partial charge in [-0.1, -0.05) is 116 Å². The van der Waals surface area contributed by atoms with Gasteiger partial charge in [-0.25, -0.2) is 0 Å². The maximum Gasteiger partial charge on any atom is 0.306 e. The minimum Gasteiger partial charge on any atom is -0.466 e. The molecular formula is C54H88O2. The molecule has 2 nitrogen and oxygen atoms in total. The van der Waals surface area contributed by atoms with Crippen molar-refractivity contribution in [3.8, 4) is 0 Å². The first-order chi connectivity index (χ1) is 26.7. The van der Waals surface area contributed by atoms with Gasteiger partial charge in [-0.05, 0) is 205 Å². The van der Waals surface area contributed by atoms with Crippen molar-refractivity contribution in [2.24, 2.45) is 0 Å². The van der Waals surface area contributed by atoms with Crippen LogP contribution in [0.4, 0.5) is 0 Å². The van der Waals surface area contributed by atoms with Gasteiger partial charge in [0.2, 0.25) is 0 Å². The van der Waals surface area contributed by atoms with Crippen LogP contribution >= 0.6 is 0 Å². The maximum absolute atomic E-state index is 11.5. The van der Waals surface area contributed by atoms with Crippen molar-refractivity contribution in [1.29, 1.82) is 0 Å². The second-order valence-electron chi connectivity index (χ2n) is 16.9. The Hall–Kier alpha value is -3.13. The van der Waals surface area contributed by atoms with Crippen LogP contribution in [0.3, 0.4) is 0 Å². The molecule has 0 radical (unpaired) electrons. The summed E-state index contributed by atoms with van der Waals surface area (Å²) in [6.07, 6.45) is 45.9. The van der Waals surface area contributed by atoms with E-state index in [-0.39, 0.29) is 5.97 Å². The Morgan fingerprint density at radius 3 is 0.661 bits per heavy atom. The van der Waals surface area contributed by atoms with Crippen molar-refractivity contribution in [2.75, 3.05) is 6.61 Å². The van der Waals surface area contributed by atoms with Gasteiger partial charge >= 0.3 is 5.97 Å². The topological polar surface area (TPSA) is 26.3 Å². The van der Waals surface area contributed by atoms with Gasteiger partial charge in [-0.2, -0.15) is 0 Å². The molecule has 0 saturated heterocycles. The molecule has 56 heavy (non-hydrogen) atoms.